The summed E-state index contributed by atoms with van der Waals surface area (Å²) in [7, 11) is -1.38. The van der Waals surface area contributed by atoms with Crippen molar-refractivity contribution in [1.82, 2.24) is 10.2 Å². The van der Waals surface area contributed by atoms with Gasteiger partial charge in [-0.1, -0.05) is 65.0 Å². The van der Waals surface area contributed by atoms with E-state index in [1.54, 1.807) is 0 Å². The highest BCUT2D eigenvalue weighted by atomic mass is 32.2. The molecule has 278 valence electrons. The Morgan fingerprint density at radius 1 is 0.940 bits per heavy atom. The topological polar surface area (TPSA) is 75.7 Å². The molecule has 1 saturated heterocycles. The van der Waals surface area contributed by atoms with Gasteiger partial charge in [-0.15, -0.1) is 0 Å². The maximum atomic E-state index is 12.2. The van der Waals surface area contributed by atoms with Crippen molar-refractivity contribution in [3.8, 4) is 0 Å². The number of hydrogen-bond donors (Lipinski definition) is 1. The summed E-state index contributed by atoms with van der Waals surface area (Å²) in [4.78, 5) is 14.5. The number of nitrogens with one attached hydrogen (secondary N) is 1. The Balaban J connectivity index is 1.14. The average molecular weight is 707 g/mol. The molecule has 0 amide bonds. The molecule has 9 atom stereocenters. The van der Waals surface area contributed by atoms with Gasteiger partial charge in [-0.3, -0.25) is 0 Å². The Bertz CT molecular complexity index is 1590. The molecule has 7 rings (SSSR count). The minimum absolute atomic E-state index is 0.0925. The molecule has 7 heteroatoms. The van der Waals surface area contributed by atoms with Crippen molar-refractivity contribution >= 4 is 15.8 Å². The van der Waals surface area contributed by atoms with Crippen LogP contribution in [0.5, 0.6) is 0 Å². The second-order valence-electron chi connectivity index (χ2n) is 19.2. The van der Waals surface area contributed by atoms with Gasteiger partial charge in [-0.05, 0) is 140 Å². The minimum atomic E-state index is -2.85. The van der Waals surface area contributed by atoms with E-state index < -0.39 is 9.84 Å². The largest absolute Gasteiger partial charge is 0.466 e. The molecule has 1 N–H and O–H groups in total. The lowest BCUT2D eigenvalue weighted by molar-refractivity contribution is -0.221. The Kier molecular flexibility index (Phi) is 9.32. The van der Waals surface area contributed by atoms with E-state index in [1.165, 1.54) is 75.2 Å². The predicted octanol–water partition coefficient (Wildman–Crippen LogP) is 8.07. The van der Waals surface area contributed by atoms with Crippen LogP contribution in [0.2, 0.25) is 0 Å². The standard InChI is InChI=1S/C43H66N2O4S/c1-29(2)32-15-20-43(44-23-24-45-25-27-50(47,48)28-26-45)22-21-41(6)34(37(32)43)13-14-36-40(5)18-16-33(30-9-11-31(12-10-30)38(46)49-8)39(3,4)35(40)17-19-42(36,41)7/h9,11,16,32,34-37,44H,1,10,12-15,17-28H2,2-8H3/t32-,34+,35-,36+,37+,40-,41+,42+,43-/m0/s1. The van der Waals surface area contributed by atoms with Gasteiger partial charge in [0.1, 0.15) is 0 Å². The first-order chi connectivity index (χ1) is 23.5. The molecule has 0 bridgehead atoms. The van der Waals surface area contributed by atoms with Crippen LogP contribution in [0.3, 0.4) is 0 Å². The highest BCUT2D eigenvalue weighted by Gasteiger charge is 2.70. The zero-order valence-corrected chi connectivity index (χ0v) is 33.2. The first-order valence-corrected chi connectivity index (χ1v) is 21.9. The summed E-state index contributed by atoms with van der Waals surface area (Å²) in [5.74, 6) is 3.66. The summed E-state index contributed by atoms with van der Waals surface area (Å²) in [6, 6.07) is 0. The fraction of sp³-hybridized carbons (Fsp3) is 0.791. The van der Waals surface area contributed by atoms with E-state index in [4.69, 9.17) is 4.74 Å². The van der Waals surface area contributed by atoms with Crippen LogP contribution in [-0.2, 0) is 19.4 Å². The summed E-state index contributed by atoms with van der Waals surface area (Å²) in [5, 5.41) is 4.22. The molecule has 0 aromatic carbocycles. The lowest BCUT2D eigenvalue weighted by Crippen LogP contribution is -2.68. The second kappa shape index (κ2) is 12.7. The van der Waals surface area contributed by atoms with Gasteiger partial charge in [0, 0.05) is 37.3 Å². The molecule has 0 aromatic rings. The summed E-state index contributed by atoms with van der Waals surface area (Å²) in [5.41, 5.74) is 6.25. The molecule has 5 fully saturated rings. The number of esters is 1. The molecule has 1 heterocycles. The number of nitrogens with zero attached hydrogens (tertiary/aromatic N) is 1. The molecular weight excluding hydrogens is 641 g/mol. The Morgan fingerprint density at radius 3 is 2.34 bits per heavy atom. The molecule has 0 spiro atoms. The first-order valence-electron chi connectivity index (χ1n) is 20.0. The Labute approximate surface area is 303 Å². The van der Waals surface area contributed by atoms with Crippen LogP contribution < -0.4 is 5.32 Å². The van der Waals surface area contributed by atoms with Crippen LogP contribution in [0.4, 0.5) is 0 Å². The van der Waals surface area contributed by atoms with Crippen molar-refractivity contribution < 1.29 is 17.9 Å². The third-order valence-corrected chi connectivity index (χ3v) is 18.5. The van der Waals surface area contributed by atoms with E-state index in [0.29, 0.717) is 65.0 Å². The molecule has 0 aromatic heterocycles. The van der Waals surface area contributed by atoms with E-state index in [-0.39, 0.29) is 22.3 Å². The minimum Gasteiger partial charge on any atom is -0.466 e. The van der Waals surface area contributed by atoms with Crippen molar-refractivity contribution in [1.29, 1.82) is 0 Å². The van der Waals surface area contributed by atoms with Gasteiger partial charge in [-0.25, -0.2) is 13.2 Å². The highest BCUT2D eigenvalue weighted by Crippen LogP contribution is 2.76. The number of carbonyl (C=O) groups is 1. The van der Waals surface area contributed by atoms with Gasteiger partial charge >= 0.3 is 5.97 Å². The third-order valence-electron chi connectivity index (χ3n) is 16.9. The van der Waals surface area contributed by atoms with Crippen LogP contribution in [0, 0.1) is 51.2 Å². The summed E-state index contributed by atoms with van der Waals surface area (Å²) < 4.78 is 29.1. The van der Waals surface area contributed by atoms with Crippen LogP contribution in [0.1, 0.15) is 112 Å². The van der Waals surface area contributed by atoms with E-state index in [2.05, 4.69) is 70.5 Å². The molecule has 0 unspecified atom stereocenters. The normalized spacial score (nSPS) is 43.6. The molecular formula is C43H66N2O4S. The van der Waals surface area contributed by atoms with Crippen LogP contribution in [-0.4, -0.2) is 69.6 Å². The van der Waals surface area contributed by atoms with E-state index >= 15 is 0 Å². The van der Waals surface area contributed by atoms with Gasteiger partial charge in [0.15, 0.2) is 9.84 Å². The number of fused-ring (bicyclic) bond motifs is 7. The molecule has 50 heavy (non-hydrogen) atoms. The lowest BCUT2D eigenvalue weighted by Gasteiger charge is -2.72. The highest BCUT2D eigenvalue weighted by molar-refractivity contribution is 7.91. The van der Waals surface area contributed by atoms with Gasteiger partial charge in [0.25, 0.3) is 0 Å². The zero-order chi connectivity index (χ0) is 35.9. The zero-order valence-electron chi connectivity index (χ0n) is 32.3. The molecule has 7 aliphatic rings. The third kappa shape index (κ3) is 5.60. The fourth-order valence-electron chi connectivity index (χ4n) is 14.2. The summed E-state index contributed by atoms with van der Waals surface area (Å²) in [6.07, 6.45) is 20.0. The molecule has 6 nitrogen and oxygen atoms in total. The smallest absolute Gasteiger partial charge is 0.333 e. The molecule has 1 aliphatic heterocycles. The average Bonchev–Trinajstić information content (AvgIpc) is 3.45. The number of rotatable bonds is 7. The fourth-order valence-corrected chi connectivity index (χ4v) is 15.5. The molecule has 4 saturated carbocycles. The van der Waals surface area contributed by atoms with E-state index in [1.807, 2.05) is 6.08 Å². The van der Waals surface area contributed by atoms with Crippen molar-refractivity contribution in [3.63, 3.8) is 0 Å². The van der Waals surface area contributed by atoms with E-state index in [9.17, 15) is 13.2 Å². The van der Waals surface area contributed by atoms with Gasteiger partial charge < -0.3 is 15.0 Å². The maximum Gasteiger partial charge on any atom is 0.333 e. The van der Waals surface area contributed by atoms with Crippen molar-refractivity contribution in [2.24, 2.45) is 51.2 Å². The number of ether oxygens (including phenoxy) is 1. The van der Waals surface area contributed by atoms with Gasteiger partial charge in [-0.2, -0.15) is 0 Å². The number of carbonyl (C=O) groups excluding carboxylic acids is 1. The Hall–Kier alpha value is -1.70. The molecule has 0 radical (unpaired) electrons. The SMILES string of the molecule is C=C(C)[C@@H]1CC[C@]2(NCCN3CCS(=O)(=O)CC3)CC[C@]3(C)[C@H](CC[C@@H]4[C@@]5(C)CC=C(C6=CC=C(C(=O)OC)CC6)C(C)(C)[C@@H]5CC[C@]43C)[C@@H]12. The van der Waals surface area contributed by atoms with Crippen molar-refractivity contribution in [3.05, 3.63) is 47.1 Å². The first kappa shape index (κ1) is 36.6. The maximum absolute atomic E-state index is 12.2. The van der Waals surface area contributed by atoms with Crippen LogP contribution in [0.25, 0.3) is 0 Å². The van der Waals surface area contributed by atoms with Gasteiger partial charge in [0.2, 0.25) is 0 Å². The number of allylic oxidation sites excluding steroid dienone is 6. The molecule has 6 aliphatic carbocycles. The number of hydrogen-bond acceptors (Lipinski definition) is 6. The monoisotopic (exact) mass is 706 g/mol. The number of methoxy groups -OCH3 is 1. The van der Waals surface area contributed by atoms with Gasteiger partial charge in [0.05, 0.1) is 18.6 Å². The summed E-state index contributed by atoms with van der Waals surface area (Å²) >= 11 is 0. The Morgan fingerprint density at radius 2 is 1.68 bits per heavy atom. The van der Waals surface area contributed by atoms with Crippen molar-refractivity contribution in [2.75, 3.05) is 44.8 Å². The lowest BCUT2D eigenvalue weighted by atomic mass is 9.33. The van der Waals surface area contributed by atoms with Crippen molar-refractivity contribution in [2.45, 2.75) is 118 Å². The van der Waals surface area contributed by atoms with Crippen LogP contribution >= 0.6 is 0 Å². The predicted molar refractivity (Wildman–Crippen MR) is 203 cm³/mol. The number of sulfone groups is 1. The van der Waals surface area contributed by atoms with E-state index in [0.717, 1.165) is 37.9 Å². The second-order valence-corrected chi connectivity index (χ2v) is 21.5. The van der Waals surface area contributed by atoms with Crippen LogP contribution in [0.15, 0.2) is 47.1 Å². The quantitative estimate of drug-likeness (QED) is 0.213. The summed E-state index contributed by atoms with van der Waals surface area (Å²) in [6.45, 7) is 23.3.